The van der Waals surface area contributed by atoms with E-state index in [1.807, 2.05) is 4.90 Å². The van der Waals surface area contributed by atoms with Gasteiger partial charge < -0.3 is 9.64 Å². The van der Waals surface area contributed by atoms with Crippen molar-refractivity contribution in [3.8, 4) is 0 Å². The molecule has 0 bridgehead atoms. The van der Waals surface area contributed by atoms with Crippen molar-refractivity contribution in [2.24, 2.45) is 5.92 Å². The van der Waals surface area contributed by atoms with Gasteiger partial charge in [-0.2, -0.15) is 0 Å². The van der Waals surface area contributed by atoms with Gasteiger partial charge in [0.1, 0.15) is 5.82 Å². The molecule has 2 amide bonds. The minimum atomic E-state index is -0.578. The number of morpholine rings is 1. The second-order valence-electron chi connectivity index (χ2n) is 8.32. The molecule has 0 atom stereocenters. The lowest BCUT2D eigenvalue weighted by Crippen LogP contribution is -2.41. The second kappa shape index (κ2) is 11.0. The van der Waals surface area contributed by atoms with Crippen molar-refractivity contribution < 1.29 is 18.7 Å². The molecule has 0 unspecified atom stereocenters. The quantitative estimate of drug-likeness (QED) is 0.688. The lowest BCUT2D eigenvalue weighted by molar-refractivity contribution is -0.131. The summed E-state index contributed by atoms with van der Waals surface area (Å²) >= 11 is 1.24. The zero-order chi connectivity index (χ0) is 22.3. The predicted molar refractivity (Wildman–Crippen MR) is 121 cm³/mol. The number of carbonyl (C=O) groups is 2. The third-order valence-electron chi connectivity index (χ3n) is 6.15. The molecule has 172 valence electrons. The first-order valence-electron chi connectivity index (χ1n) is 11.2. The summed E-state index contributed by atoms with van der Waals surface area (Å²) in [6.07, 6.45) is 3.47. The van der Waals surface area contributed by atoms with Gasteiger partial charge in [-0.05, 0) is 43.9 Å². The van der Waals surface area contributed by atoms with Gasteiger partial charge in [0.05, 0.1) is 30.9 Å². The van der Waals surface area contributed by atoms with E-state index in [0.717, 1.165) is 58.8 Å². The minimum absolute atomic E-state index is 0.0307. The molecule has 0 aliphatic carbocycles. The zero-order valence-corrected chi connectivity index (χ0v) is 18.9. The molecule has 2 aliphatic rings. The number of hydrogen-bond donors (Lipinski definition) is 1. The molecular weight excluding hydrogens is 431 g/mol. The van der Waals surface area contributed by atoms with Gasteiger partial charge in [-0.1, -0.05) is 12.1 Å². The fourth-order valence-corrected chi connectivity index (χ4v) is 4.89. The van der Waals surface area contributed by atoms with Crippen molar-refractivity contribution in [2.75, 3.05) is 51.3 Å². The monoisotopic (exact) mass is 460 g/mol. The van der Waals surface area contributed by atoms with Crippen LogP contribution in [0.1, 0.15) is 35.3 Å². The molecule has 1 N–H and O–H groups in total. The van der Waals surface area contributed by atoms with Crippen LogP contribution in [0.25, 0.3) is 0 Å². The molecule has 2 aliphatic heterocycles. The van der Waals surface area contributed by atoms with Crippen molar-refractivity contribution in [2.45, 2.75) is 25.7 Å². The van der Waals surface area contributed by atoms with E-state index >= 15 is 0 Å². The molecule has 0 radical (unpaired) electrons. The van der Waals surface area contributed by atoms with Crippen LogP contribution in [-0.4, -0.2) is 72.5 Å². The molecule has 7 nitrogen and oxygen atoms in total. The van der Waals surface area contributed by atoms with E-state index in [-0.39, 0.29) is 17.9 Å². The van der Waals surface area contributed by atoms with Gasteiger partial charge in [0, 0.05) is 31.6 Å². The van der Waals surface area contributed by atoms with E-state index in [0.29, 0.717) is 16.7 Å². The SMILES string of the molecule is O=C(Nc1nc(CC(=O)N2CCC(CCN3CCOCC3)CC2)cs1)c1ccccc1F. The highest BCUT2D eigenvalue weighted by Crippen LogP contribution is 2.23. The number of hydrogen-bond acceptors (Lipinski definition) is 6. The smallest absolute Gasteiger partial charge is 0.260 e. The second-order valence-corrected chi connectivity index (χ2v) is 9.18. The number of benzene rings is 1. The van der Waals surface area contributed by atoms with E-state index in [2.05, 4.69) is 15.2 Å². The van der Waals surface area contributed by atoms with Crippen LogP contribution in [0.2, 0.25) is 0 Å². The Morgan fingerprint density at radius 2 is 1.91 bits per heavy atom. The fourth-order valence-electron chi connectivity index (χ4n) is 4.18. The summed E-state index contributed by atoms with van der Waals surface area (Å²) in [5.41, 5.74) is 0.593. The fraction of sp³-hybridized carbons (Fsp3) is 0.522. The van der Waals surface area contributed by atoms with Crippen LogP contribution in [0.15, 0.2) is 29.6 Å². The first kappa shape index (κ1) is 22.8. The van der Waals surface area contributed by atoms with Gasteiger partial charge in [0.15, 0.2) is 5.13 Å². The Morgan fingerprint density at radius 1 is 1.16 bits per heavy atom. The lowest BCUT2D eigenvalue weighted by atomic mass is 9.93. The highest BCUT2D eigenvalue weighted by Gasteiger charge is 2.24. The average Bonchev–Trinajstić information content (AvgIpc) is 3.25. The summed E-state index contributed by atoms with van der Waals surface area (Å²) < 4.78 is 19.2. The number of thiazole rings is 1. The van der Waals surface area contributed by atoms with Gasteiger partial charge in [-0.3, -0.25) is 19.8 Å². The molecule has 4 rings (SSSR count). The average molecular weight is 461 g/mol. The van der Waals surface area contributed by atoms with Gasteiger partial charge in [0.2, 0.25) is 5.91 Å². The molecule has 2 saturated heterocycles. The molecule has 3 heterocycles. The van der Waals surface area contributed by atoms with Crippen molar-refractivity contribution in [3.63, 3.8) is 0 Å². The Kier molecular flexibility index (Phi) is 7.83. The summed E-state index contributed by atoms with van der Waals surface area (Å²) in [5, 5.41) is 4.74. The number of aromatic nitrogens is 1. The van der Waals surface area contributed by atoms with E-state index in [1.54, 1.807) is 11.4 Å². The molecular formula is C23H29FN4O3S. The summed E-state index contributed by atoms with van der Waals surface area (Å²) in [4.78, 5) is 33.7. The van der Waals surface area contributed by atoms with Crippen LogP contribution in [-0.2, 0) is 16.0 Å². The maximum Gasteiger partial charge on any atom is 0.260 e. The number of piperidine rings is 1. The van der Waals surface area contributed by atoms with Crippen LogP contribution in [0.4, 0.5) is 9.52 Å². The van der Waals surface area contributed by atoms with E-state index in [9.17, 15) is 14.0 Å². The number of carbonyl (C=O) groups excluding carboxylic acids is 2. The van der Waals surface area contributed by atoms with Gasteiger partial charge in [-0.15, -0.1) is 11.3 Å². The van der Waals surface area contributed by atoms with Crippen molar-refractivity contribution >= 4 is 28.3 Å². The Labute approximate surface area is 191 Å². The lowest BCUT2D eigenvalue weighted by Gasteiger charge is -2.34. The van der Waals surface area contributed by atoms with Crippen molar-refractivity contribution in [1.29, 1.82) is 0 Å². The Bertz CT molecular complexity index is 923. The number of anilines is 1. The number of nitrogens with one attached hydrogen (secondary N) is 1. The third-order valence-corrected chi connectivity index (χ3v) is 6.95. The van der Waals surface area contributed by atoms with Crippen molar-refractivity contribution in [1.82, 2.24) is 14.8 Å². The van der Waals surface area contributed by atoms with E-state index in [4.69, 9.17) is 4.74 Å². The normalized spacial score (nSPS) is 18.0. The first-order valence-corrected chi connectivity index (χ1v) is 12.0. The number of halogens is 1. The minimum Gasteiger partial charge on any atom is -0.379 e. The molecule has 9 heteroatoms. The third kappa shape index (κ3) is 6.11. The molecule has 32 heavy (non-hydrogen) atoms. The maximum atomic E-state index is 13.8. The number of amides is 2. The van der Waals surface area contributed by atoms with Crippen LogP contribution in [0.5, 0.6) is 0 Å². The Morgan fingerprint density at radius 3 is 2.66 bits per heavy atom. The summed E-state index contributed by atoms with van der Waals surface area (Å²) in [5.74, 6) is -0.393. The Hall–Kier alpha value is -2.36. The molecule has 1 aromatic carbocycles. The number of nitrogens with zero attached hydrogens (tertiary/aromatic N) is 3. The number of ether oxygens (including phenoxy) is 1. The summed E-state index contributed by atoms with van der Waals surface area (Å²) in [6.45, 7) is 6.39. The van der Waals surface area contributed by atoms with Crippen LogP contribution in [0.3, 0.4) is 0 Å². The largest absolute Gasteiger partial charge is 0.379 e. The van der Waals surface area contributed by atoms with E-state index in [1.165, 1.54) is 36.0 Å². The Balaban J connectivity index is 1.20. The van der Waals surface area contributed by atoms with E-state index < -0.39 is 11.7 Å². The van der Waals surface area contributed by atoms with Crippen LogP contribution >= 0.6 is 11.3 Å². The highest BCUT2D eigenvalue weighted by atomic mass is 32.1. The zero-order valence-electron chi connectivity index (χ0n) is 18.1. The van der Waals surface area contributed by atoms with Gasteiger partial charge >= 0.3 is 0 Å². The summed E-state index contributed by atoms with van der Waals surface area (Å²) in [7, 11) is 0. The topological polar surface area (TPSA) is 74.8 Å². The molecule has 1 aromatic heterocycles. The molecule has 2 fully saturated rings. The molecule has 2 aromatic rings. The highest BCUT2D eigenvalue weighted by molar-refractivity contribution is 7.14. The van der Waals surface area contributed by atoms with Gasteiger partial charge in [-0.25, -0.2) is 9.37 Å². The van der Waals surface area contributed by atoms with Crippen LogP contribution < -0.4 is 5.32 Å². The summed E-state index contributed by atoms with van der Waals surface area (Å²) in [6, 6.07) is 5.81. The van der Waals surface area contributed by atoms with Gasteiger partial charge in [0.25, 0.3) is 5.91 Å². The maximum absolute atomic E-state index is 13.8. The van der Waals surface area contributed by atoms with Crippen molar-refractivity contribution in [3.05, 3.63) is 46.7 Å². The van der Waals surface area contributed by atoms with Crippen LogP contribution in [0, 0.1) is 11.7 Å². The molecule has 0 saturated carbocycles. The first-order chi connectivity index (χ1) is 15.6. The number of rotatable bonds is 7. The number of likely N-dealkylation sites (tertiary alicyclic amines) is 1. The standard InChI is InChI=1S/C23H29FN4O3S/c24-20-4-2-1-3-19(20)22(30)26-23-25-18(16-32-23)15-21(29)28-9-6-17(7-10-28)5-8-27-11-13-31-14-12-27/h1-4,16-17H,5-15H2,(H,25,26,30). The molecule has 0 spiro atoms. The predicted octanol–water partition coefficient (Wildman–Crippen LogP) is 3.04.